The number of carbonyl (C=O) groups excluding carboxylic acids is 1. The first-order valence-electron chi connectivity index (χ1n) is 15.1. The topological polar surface area (TPSA) is 163 Å². The quantitative estimate of drug-likeness (QED) is 0.194. The highest BCUT2D eigenvalue weighted by atomic mass is 32.2. The minimum Gasteiger partial charge on any atom is -0.483 e. The molecule has 2 aliphatic rings. The van der Waals surface area contributed by atoms with Gasteiger partial charge in [-0.3, -0.25) is 14.9 Å². The second-order valence-electron chi connectivity index (χ2n) is 11.9. The van der Waals surface area contributed by atoms with Gasteiger partial charge in [-0.05, 0) is 55.0 Å². The van der Waals surface area contributed by atoms with Crippen LogP contribution in [0.15, 0.2) is 82.0 Å². The van der Waals surface area contributed by atoms with E-state index in [9.17, 15) is 28.4 Å². The molecule has 46 heavy (non-hydrogen) atoms. The van der Waals surface area contributed by atoms with Gasteiger partial charge in [0.15, 0.2) is 6.61 Å². The lowest BCUT2D eigenvalue weighted by atomic mass is 10.0. The van der Waals surface area contributed by atoms with Gasteiger partial charge in [-0.1, -0.05) is 50.3 Å². The molecule has 2 aromatic rings. The molecule has 0 spiro atoms. The summed E-state index contributed by atoms with van der Waals surface area (Å²) in [6.07, 6.45) is 4.27. The van der Waals surface area contributed by atoms with Gasteiger partial charge in [0, 0.05) is 44.3 Å². The van der Waals surface area contributed by atoms with E-state index in [1.165, 1.54) is 16.4 Å². The third-order valence-electron chi connectivity index (χ3n) is 7.67. The molecule has 0 fully saturated rings. The molecule has 4 rings (SSSR count). The van der Waals surface area contributed by atoms with Crippen LogP contribution in [0.2, 0.25) is 0 Å². The standard InChI is InChI=1S/C33H41N5O7S/c1-21(2)18-37(46(43,44)27-12-11-25-16-31(34-5)35-28(25)17-27)19-30(39)29(15-24-9-7-6-8-10-24)36-32(40)20-45-33-22(3)13-26(38(41)42)14-23(33)4/h6-14,16,21,29-30,34,39H,15,17-20H2,1-5H3,(H,36,40). The summed E-state index contributed by atoms with van der Waals surface area (Å²) in [6.45, 7) is 6.62. The van der Waals surface area contributed by atoms with Crippen molar-refractivity contribution in [1.82, 2.24) is 14.9 Å². The molecule has 0 saturated heterocycles. The first-order valence-corrected chi connectivity index (χ1v) is 16.5. The van der Waals surface area contributed by atoms with Crippen LogP contribution in [-0.2, 0) is 21.2 Å². The number of non-ortho nitro benzene ring substituents is 1. The van der Waals surface area contributed by atoms with Crippen molar-refractivity contribution < 1.29 is 28.0 Å². The number of ether oxygens (including phenoxy) is 1. The maximum atomic E-state index is 14.0. The summed E-state index contributed by atoms with van der Waals surface area (Å²) in [5.41, 5.74) is 3.29. The maximum absolute atomic E-state index is 14.0. The van der Waals surface area contributed by atoms with Gasteiger partial charge in [0.2, 0.25) is 10.0 Å². The molecule has 12 nitrogen and oxygen atoms in total. The molecule has 1 heterocycles. The lowest BCUT2D eigenvalue weighted by molar-refractivity contribution is -0.385. The number of hydrogen-bond donors (Lipinski definition) is 3. The van der Waals surface area contributed by atoms with Crippen LogP contribution in [-0.4, -0.2) is 73.3 Å². The molecular formula is C33H41N5O7S. The Balaban J connectivity index is 1.52. The fourth-order valence-corrected chi connectivity index (χ4v) is 7.18. The van der Waals surface area contributed by atoms with Crippen LogP contribution in [0.5, 0.6) is 5.75 Å². The normalized spacial score (nSPS) is 15.7. The molecule has 0 bridgehead atoms. The summed E-state index contributed by atoms with van der Waals surface area (Å²) in [4.78, 5) is 28.5. The molecule has 1 amide bonds. The third kappa shape index (κ3) is 8.47. The first-order chi connectivity index (χ1) is 21.8. The number of aryl methyl sites for hydroxylation is 2. The van der Waals surface area contributed by atoms with Gasteiger partial charge in [0.1, 0.15) is 11.6 Å². The number of aliphatic hydroxyl groups excluding tert-OH is 1. The Labute approximate surface area is 269 Å². The van der Waals surface area contributed by atoms with Gasteiger partial charge in [-0.15, -0.1) is 0 Å². The summed E-state index contributed by atoms with van der Waals surface area (Å²) in [7, 11) is -2.25. The summed E-state index contributed by atoms with van der Waals surface area (Å²) in [5, 5.41) is 28.5. The molecule has 2 unspecified atom stereocenters. The largest absolute Gasteiger partial charge is 0.483 e. The van der Waals surface area contributed by atoms with Crippen molar-refractivity contribution in [2.75, 3.05) is 26.7 Å². The van der Waals surface area contributed by atoms with Gasteiger partial charge in [0.25, 0.3) is 11.6 Å². The molecular weight excluding hydrogens is 610 g/mol. The van der Waals surface area contributed by atoms with Gasteiger partial charge >= 0.3 is 0 Å². The lowest BCUT2D eigenvalue weighted by Crippen LogP contribution is -2.52. The zero-order chi connectivity index (χ0) is 33.6. The van der Waals surface area contributed by atoms with Gasteiger partial charge in [0.05, 0.1) is 27.7 Å². The van der Waals surface area contributed by atoms with Gasteiger partial charge in [-0.2, -0.15) is 4.31 Å². The number of aliphatic hydroxyl groups is 1. The summed E-state index contributed by atoms with van der Waals surface area (Å²) in [5.74, 6) is 0.444. The molecule has 3 N–H and O–H groups in total. The van der Waals surface area contributed by atoms with E-state index in [1.54, 1.807) is 33.0 Å². The number of nitro benzene ring substituents is 1. The number of hydrogen-bond acceptors (Lipinski definition) is 9. The third-order valence-corrected chi connectivity index (χ3v) is 9.59. The van der Waals surface area contributed by atoms with Crippen LogP contribution in [0, 0.1) is 29.9 Å². The molecule has 246 valence electrons. The maximum Gasteiger partial charge on any atom is 0.270 e. The Morgan fingerprint density at radius 1 is 1.13 bits per heavy atom. The fraction of sp³-hybridized carbons (Fsp3) is 0.394. The Morgan fingerprint density at radius 2 is 1.80 bits per heavy atom. The number of benzene rings is 2. The summed E-state index contributed by atoms with van der Waals surface area (Å²) in [6, 6.07) is 11.2. The van der Waals surface area contributed by atoms with Crippen LogP contribution in [0.3, 0.4) is 0 Å². The zero-order valence-corrected chi connectivity index (χ0v) is 27.5. The summed E-state index contributed by atoms with van der Waals surface area (Å²) < 4.78 is 35.0. The Kier molecular flexibility index (Phi) is 11.1. The number of rotatable bonds is 15. The smallest absolute Gasteiger partial charge is 0.270 e. The van der Waals surface area contributed by atoms with Crippen molar-refractivity contribution in [2.24, 2.45) is 10.9 Å². The monoisotopic (exact) mass is 651 g/mol. The van der Waals surface area contributed by atoms with Crippen molar-refractivity contribution in [1.29, 1.82) is 0 Å². The highest BCUT2D eigenvalue weighted by Gasteiger charge is 2.34. The first kappa shape index (κ1) is 34.5. The highest BCUT2D eigenvalue weighted by Crippen LogP contribution is 2.30. The van der Waals surface area contributed by atoms with Crippen molar-refractivity contribution >= 4 is 27.3 Å². The van der Waals surface area contributed by atoms with E-state index in [0.29, 0.717) is 28.4 Å². The van der Waals surface area contributed by atoms with Crippen molar-refractivity contribution in [3.8, 4) is 5.75 Å². The minimum absolute atomic E-state index is 0.0395. The Hall–Kier alpha value is -4.33. The molecule has 0 radical (unpaired) electrons. The highest BCUT2D eigenvalue weighted by molar-refractivity contribution is 7.93. The molecule has 1 aliphatic carbocycles. The van der Waals surface area contributed by atoms with Crippen LogP contribution >= 0.6 is 0 Å². The number of fused-ring (bicyclic) bond motifs is 1. The van der Waals surface area contributed by atoms with E-state index < -0.39 is 39.6 Å². The average Bonchev–Trinajstić information content (AvgIpc) is 3.43. The zero-order valence-electron chi connectivity index (χ0n) is 26.7. The number of nitrogens with zero attached hydrogens (tertiary/aromatic N) is 3. The van der Waals surface area contributed by atoms with Crippen LogP contribution in [0.25, 0.3) is 0 Å². The number of nitrogens with one attached hydrogen (secondary N) is 2. The van der Waals surface area contributed by atoms with E-state index in [2.05, 4.69) is 15.6 Å². The lowest BCUT2D eigenvalue weighted by Gasteiger charge is -2.31. The minimum atomic E-state index is -4.00. The van der Waals surface area contributed by atoms with E-state index in [4.69, 9.17) is 4.74 Å². The summed E-state index contributed by atoms with van der Waals surface area (Å²) >= 11 is 0. The fourth-order valence-electron chi connectivity index (χ4n) is 5.45. The number of nitro groups is 1. The SMILES string of the molecule is CNC1=CC2=CC=C(S(=O)(=O)N(CC(C)C)CC(O)C(Cc3ccccc3)NC(=O)COc3c(C)cc([N+](=O)[O-])cc3C)CC2=N1. The van der Waals surface area contributed by atoms with E-state index in [-0.39, 0.29) is 42.4 Å². The van der Waals surface area contributed by atoms with Gasteiger partial charge < -0.3 is 20.5 Å². The Morgan fingerprint density at radius 3 is 2.41 bits per heavy atom. The van der Waals surface area contributed by atoms with Crippen molar-refractivity contribution in [2.45, 2.75) is 52.7 Å². The number of aliphatic imine (C=N–C) groups is 1. The van der Waals surface area contributed by atoms with Crippen LogP contribution in [0.4, 0.5) is 5.69 Å². The predicted molar refractivity (Wildman–Crippen MR) is 177 cm³/mol. The second kappa shape index (κ2) is 14.8. The van der Waals surface area contributed by atoms with Crippen LogP contribution < -0.4 is 15.4 Å². The number of sulfonamides is 1. The van der Waals surface area contributed by atoms with E-state index in [0.717, 1.165) is 11.1 Å². The molecule has 2 aromatic carbocycles. The van der Waals surface area contributed by atoms with E-state index in [1.807, 2.05) is 50.3 Å². The molecule has 13 heteroatoms. The van der Waals surface area contributed by atoms with Crippen molar-refractivity contribution in [3.63, 3.8) is 0 Å². The van der Waals surface area contributed by atoms with Crippen LogP contribution in [0.1, 0.15) is 37.0 Å². The average molecular weight is 652 g/mol. The predicted octanol–water partition coefficient (Wildman–Crippen LogP) is 3.70. The number of allylic oxidation sites excluding steroid dienone is 5. The molecule has 1 aliphatic heterocycles. The number of amides is 1. The van der Waals surface area contributed by atoms with Crippen molar-refractivity contribution in [3.05, 3.63) is 104 Å². The van der Waals surface area contributed by atoms with Gasteiger partial charge in [-0.25, -0.2) is 13.4 Å². The van der Waals surface area contributed by atoms with E-state index >= 15 is 0 Å². The number of carbonyl (C=O) groups is 1. The molecule has 0 aromatic heterocycles. The Bertz CT molecular complexity index is 1670. The molecule has 2 atom stereocenters. The second-order valence-corrected chi connectivity index (χ2v) is 13.9. The molecule has 0 saturated carbocycles.